The van der Waals surface area contributed by atoms with Crippen LogP contribution in [0.5, 0.6) is 0 Å². The molecule has 1 aromatic rings. The normalized spacial score (nSPS) is 38.8. The number of halogens is 2. The van der Waals surface area contributed by atoms with Crippen LogP contribution in [0.25, 0.3) is 0 Å². The van der Waals surface area contributed by atoms with Crippen molar-refractivity contribution in [1.82, 2.24) is 0 Å². The van der Waals surface area contributed by atoms with Gasteiger partial charge < -0.3 is 15.6 Å². The summed E-state index contributed by atoms with van der Waals surface area (Å²) in [6, 6.07) is 5.13. The van der Waals surface area contributed by atoms with E-state index in [2.05, 4.69) is 13.0 Å². The monoisotopic (exact) mass is 572 g/mol. The predicted octanol–water partition coefficient (Wildman–Crippen LogP) is 6.16. The Balaban J connectivity index is 1.52. The summed E-state index contributed by atoms with van der Waals surface area (Å²) in [6.07, 6.45) is 6.52. The summed E-state index contributed by atoms with van der Waals surface area (Å²) in [5, 5.41) is 11.4. The molecule has 0 spiro atoms. The molecular formula is C31H38F2N2O4S. The van der Waals surface area contributed by atoms with Gasteiger partial charge in [0.15, 0.2) is 5.60 Å². The highest BCUT2D eigenvalue weighted by Gasteiger charge is 2.70. The Bertz CT molecular complexity index is 1280. The zero-order chi connectivity index (χ0) is 28.9. The fourth-order valence-corrected chi connectivity index (χ4v) is 9.26. The number of aliphatic imine (C=N–C) groups is 1. The predicted molar refractivity (Wildman–Crippen MR) is 152 cm³/mol. The molecule has 3 N–H and O–H groups in total. The molecule has 3 fully saturated rings. The summed E-state index contributed by atoms with van der Waals surface area (Å²) in [7, 11) is 0. The lowest BCUT2D eigenvalue weighted by Gasteiger charge is -2.60. The first kappa shape index (κ1) is 29.0. The van der Waals surface area contributed by atoms with Gasteiger partial charge in [0.25, 0.3) is 0 Å². The number of aliphatic hydroxyl groups is 1. The largest absolute Gasteiger partial charge is 0.449 e. The number of fused-ring (bicyclic) bond motifs is 5. The Kier molecular flexibility index (Phi) is 7.76. The summed E-state index contributed by atoms with van der Waals surface area (Å²) in [4.78, 5) is 30.7. The highest BCUT2D eigenvalue weighted by Crippen LogP contribution is 2.69. The second-order valence-electron chi connectivity index (χ2n) is 12.2. The Labute approximate surface area is 238 Å². The molecule has 0 amide bonds. The van der Waals surface area contributed by atoms with E-state index in [1.54, 1.807) is 25.3 Å². The molecule has 3 unspecified atom stereocenters. The van der Waals surface area contributed by atoms with Crippen molar-refractivity contribution < 1.29 is 28.2 Å². The molecule has 0 aromatic heterocycles. The second-order valence-corrected chi connectivity index (χ2v) is 13.1. The Morgan fingerprint density at radius 1 is 1.25 bits per heavy atom. The van der Waals surface area contributed by atoms with Gasteiger partial charge in [0.2, 0.25) is 5.12 Å². The number of allylic oxidation sites excluding steroid dienone is 3. The number of rotatable bonds is 5. The van der Waals surface area contributed by atoms with E-state index in [-0.39, 0.29) is 41.8 Å². The minimum absolute atomic E-state index is 0.0349. The van der Waals surface area contributed by atoms with Crippen LogP contribution in [0.15, 0.2) is 52.7 Å². The van der Waals surface area contributed by atoms with E-state index >= 15 is 0 Å². The number of nitrogens with zero attached hydrogens (tertiary/aromatic N) is 1. The van der Waals surface area contributed by atoms with Crippen molar-refractivity contribution in [3.63, 3.8) is 0 Å². The summed E-state index contributed by atoms with van der Waals surface area (Å²) in [6.45, 7) is 5.82. The van der Waals surface area contributed by atoms with Gasteiger partial charge in [-0.1, -0.05) is 26.3 Å². The number of aliphatic hydroxyl groups excluding tert-OH is 1. The van der Waals surface area contributed by atoms with E-state index in [0.29, 0.717) is 36.7 Å². The van der Waals surface area contributed by atoms with E-state index in [0.717, 1.165) is 24.1 Å². The lowest BCUT2D eigenvalue weighted by atomic mass is 9.45. The first-order chi connectivity index (χ1) is 19.0. The van der Waals surface area contributed by atoms with Crippen molar-refractivity contribution in [1.29, 1.82) is 0 Å². The molecule has 0 aliphatic heterocycles. The molecule has 4 aliphatic rings. The van der Waals surface area contributed by atoms with Crippen molar-refractivity contribution in [2.45, 2.75) is 77.4 Å². The number of hydrogen-bond acceptors (Lipinski definition) is 7. The highest BCUT2D eigenvalue weighted by molar-refractivity contribution is 8.13. The highest BCUT2D eigenvalue weighted by atomic mass is 32.2. The number of carbonyl (C=O) groups excluding carboxylic acids is 2. The molecule has 6 nitrogen and oxygen atoms in total. The fraction of sp³-hybridized carbons (Fsp3) is 0.581. The van der Waals surface area contributed by atoms with Gasteiger partial charge in [0, 0.05) is 11.8 Å². The number of carbonyl (C=O) groups is 2. The number of esters is 1. The molecule has 7 atom stereocenters. The number of hydrogen-bond donors (Lipinski definition) is 2. The van der Waals surface area contributed by atoms with Gasteiger partial charge in [-0.05, 0) is 116 Å². The summed E-state index contributed by atoms with van der Waals surface area (Å²) >= 11 is 0.558. The number of benzene rings is 1. The van der Waals surface area contributed by atoms with E-state index in [1.165, 1.54) is 17.7 Å². The molecule has 0 heterocycles. The molecule has 0 bridgehead atoms. The van der Waals surface area contributed by atoms with Crippen LogP contribution >= 0.6 is 11.8 Å². The van der Waals surface area contributed by atoms with Crippen molar-refractivity contribution in [3.8, 4) is 0 Å². The molecule has 3 saturated carbocycles. The van der Waals surface area contributed by atoms with Crippen molar-refractivity contribution >= 4 is 34.2 Å². The molecule has 216 valence electrons. The number of thioether (sulfide) groups is 1. The average molecular weight is 573 g/mol. The van der Waals surface area contributed by atoms with Crippen molar-refractivity contribution in [2.24, 2.45) is 39.3 Å². The van der Waals surface area contributed by atoms with Crippen molar-refractivity contribution in [3.05, 3.63) is 53.5 Å². The van der Waals surface area contributed by atoms with Gasteiger partial charge in [-0.3, -0.25) is 9.59 Å². The van der Waals surface area contributed by atoms with Crippen LogP contribution in [0.4, 0.5) is 14.5 Å². The molecule has 40 heavy (non-hydrogen) atoms. The summed E-state index contributed by atoms with van der Waals surface area (Å²) < 4.78 is 32.8. The topological polar surface area (TPSA) is 102 Å². The second kappa shape index (κ2) is 10.7. The summed E-state index contributed by atoms with van der Waals surface area (Å²) in [5.41, 5.74) is 6.93. The van der Waals surface area contributed by atoms with Gasteiger partial charge in [-0.15, -0.1) is 0 Å². The van der Waals surface area contributed by atoms with Crippen molar-refractivity contribution in [2.75, 3.05) is 6.01 Å². The first-order valence-corrected chi connectivity index (χ1v) is 15.1. The maximum Gasteiger partial charge on any atom is 0.306 e. The zero-order valence-electron chi connectivity index (χ0n) is 23.3. The van der Waals surface area contributed by atoms with Gasteiger partial charge in [-0.25, -0.2) is 13.8 Å². The SMILES string of the molecule is CCC(=O)O[C@]1(C(=O)SCF)CCC2[C@@H]3CCC4=CC(=Nc5ccc(F)cc5)C(=CN)C[C@]4(C)C3C(O)C[C@@]21C. The third-order valence-corrected chi connectivity index (χ3v) is 11.1. The van der Waals surface area contributed by atoms with E-state index < -0.39 is 34.2 Å². The minimum Gasteiger partial charge on any atom is -0.449 e. The van der Waals surface area contributed by atoms with Crippen LogP contribution < -0.4 is 5.73 Å². The first-order valence-electron chi connectivity index (χ1n) is 14.1. The molecule has 4 aliphatic carbocycles. The molecule has 9 heteroatoms. The fourth-order valence-electron chi connectivity index (χ4n) is 8.55. The van der Waals surface area contributed by atoms with Gasteiger partial charge in [0.1, 0.15) is 11.8 Å². The van der Waals surface area contributed by atoms with E-state index in [1.807, 2.05) is 6.92 Å². The van der Waals surface area contributed by atoms with E-state index in [9.17, 15) is 23.5 Å². The van der Waals surface area contributed by atoms with Crippen LogP contribution in [-0.2, 0) is 14.3 Å². The lowest BCUT2D eigenvalue weighted by molar-refractivity contribution is -0.196. The molecule has 0 radical (unpaired) electrons. The number of ether oxygens (including phenoxy) is 1. The van der Waals surface area contributed by atoms with E-state index in [4.69, 9.17) is 15.5 Å². The van der Waals surface area contributed by atoms with Gasteiger partial charge in [0.05, 0.1) is 17.5 Å². The smallest absolute Gasteiger partial charge is 0.306 e. The Morgan fingerprint density at radius 2 is 1.98 bits per heavy atom. The van der Waals surface area contributed by atoms with Crippen LogP contribution in [-0.4, -0.2) is 39.6 Å². The minimum atomic E-state index is -1.45. The Hall–Kier alpha value is -2.52. The molecule has 1 aromatic carbocycles. The van der Waals surface area contributed by atoms with Gasteiger partial charge in [-0.2, -0.15) is 0 Å². The maximum absolute atomic E-state index is 13.4. The Morgan fingerprint density at radius 3 is 2.62 bits per heavy atom. The quantitative estimate of drug-likeness (QED) is 0.410. The third kappa shape index (κ3) is 4.44. The molecule has 0 saturated heterocycles. The zero-order valence-corrected chi connectivity index (χ0v) is 24.1. The number of alkyl halides is 1. The van der Waals surface area contributed by atoms with Gasteiger partial charge >= 0.3 is 5.97 Å². The van der Waals surface area contributed by atoms with Crippen LogP contribution in [0.2, 0.25) is 0 Å². The third-order valence-electron chi connectivity index (χ3n) is 10.4. The maximum atomic E-state index is 13.4. The van der Waals surface area contributed by atoms with Crippen LogP contribution in [0.3, 0.4) is 0 Å². The average Bonchev–Trinajstić information content (AvgIpc) is 3.21. The number of nitrogens with two attached hydrogens (primary N) is 1. The molecular weight excluding hydrogens is 534 g/mol. The van der Waals surface area contributed by atoms with Crippen LogP contribution in [0.1, 0.15) is 65.7 Å². The summed E-state index contributed by atoms with van der Waals surface area (Å²) in [5.74, 6) is -0.765. The lowest BCUT2D eigenvalue weighted by Crippen LogP contribution is -2.62. The standard InChI is InChI=1S/C31H38F2N2O4S/c1-4-26(37)39-31(28(38)40-17-32)12-11-23-22-10-5-19-13-24(35-21-8-6-20(33)7-9-21)18(16-34)14-29(19,2)27(22)25(36)15-30(23,31)3/h6-9,13,16,22-23,25,27,36H,4-5,10-12,14-15,17,34H2,1-3H3/t22-,23?,25?,27?,29-,30-,31-/m0/s1. The van der Waals surface area contributed by atoms with Crippen LogP contribution in [0, 0.1) is 34.4 Å². The molecule has 5 rings (SSSR count).